The summed E-state index contributed by atoms with van der Waals surface area (Å²) in [5, 5.41) is 9.58. The normalized spacial score (nSPS) is 16.1. The van der Waals surface area contributed by atoms with Gasteiger partial charge in [-0.2, -0.15) is 0 Å². The second kappa shape index (κ2) is 6.24. The molecule has 0 bridgehead atoms. The largest absolute Gasteiger partial charge is 0.510 e. The topological polar surface area (TPSA) is 76.1 Å². The summed E-state index contributed by atoms with van der Waals surface area (Å²) in [5.74, 6) is -0.936. The zero-order valence-corrected chi connectivity index (χ0v) is 10.1. The maximum absolute atomic E-state index is 11.4. The highest BCUT2D eigenvalue weighted by Gasteiger charge is 2.28. The van der Waals surface area contributed by atoms with Crippen molar-refractivity contribution in [3.05, 3.63) is 11.3 Å². The first kappa shape index (κ1) is 13.5. The molecule has 0 aliphatic carbocycles. The van der Waals surface area contributed by atoms with E-state index in [1.807, 2.05) is 0 Å². The number of carbonyl (C=O) groups is 2. The third kappa shape index (κ3) is 3.74. The molecule has 6 heteroatoms. The van der Waals surface area contributed by atoms with Gasteiger partial charge >= 0.3 is 11.9 Å². The molecule has 1 N–H and O–H groups in total. The van der Waals surface area contributed by atoms with Crippen LogP contribution in [0.3, 0.4) is 0 Å². The smallest absolute Gasteiger partial charge is 0.338 e. The third-order valence-electron chi connectivity index (χ3n) is 2.28. The van der Waals surface area contributed by atoms with Crippen LogP contribution in [-0.2, 0) is 19.1 Å². The summed E-state index contributed by atoms with van der Waals surface area (Å²) in [6, 6.07) is 0. The van der Waals surface area contributed by atoms with Gasteiger partial charge in [0.1, 0.15) is 5.76 Å². The molecule has 0 unspecified atom stereocenters. The molecule has 0 aromatic carbocycles. The van der Waals surface area contributed by atoms with Crippen molar-refractivity contribution in [2.24, 2.45) is 0 Å². The monoisotopic (exact) mass is 243 g/mol. The third-order valence-corrected chi connectivity index (χ3v) is 2.28. The Kier molecular flexibility index (Phi) is 4.96. The minimum absolute atomic E-state index is 0.0345. The maximum Gasteiger partial charge on any atom is 0.338 e. The van der Waals surface area contributed by atoms with Crippen molar-refractivity contribution in [1.82, 2.24) is 4.90 Å². The van der Waals surface area contributed by atoms with Crippen LogP contribution in [-0.4, -0.2) is 54.8 Å². The van der Waals surface area contributed by atoms with E-state index in [0.717, 1.165) is 0 Å². The molecular formula is C11H17NO5. The summed E-state index contributed by atoms with van der Waals surface area (Å²) in [5.41, 5.74) is 0.219. The van der Waals surface area contributed by atoms with Gasteiger partial charge in [0.2, 0.25) is 0 Å². The van der Waals surface area contributed by atoms with E-state index < -0.39 is 5.97 Å². The van der Waals surface area contributed by atoms with Crippen LogP contribution in [0, 0.1) is 0 Å². The zero-order valence-electron chi connectivity index (χ0n) is 10.1. The highest BCUT2D eigenvalue weighted by molar-refractivity contribution is 5.90. The number of hydrogen-bond acceptors (Lipinski definition) is 6. The predicted molar refractivity (Wildman–Crippen MR) is 59.4 cm³/mol. The summed E-state index contributed by atoms with van der Waals surface area (Å²) in [6.07, 6.45) is 0. The van der Waals surface area contributed by atoms with Gasteiger partial charge in [-0.05, 0) is 13.8 Å². The molecular weight excluding hydrogens is 226 g/mol. The van der Waals surface area contributed by atoms with Crippen molar-refractivity contribution in [3.63, 3.8) is 0 Å². The fourth-order valence-corrected chi connectivity index (χ4v) is 1.58. The van der Waals surface area contributed by atoms with Gasteiger partial charge in [0.05, 0.1) is 31.9 Å². The van der Waals surface area contributed by atoms with E-state index in [4.69, 9.17) is 9.47 Å². The fraction of sp³-hybridized carbons (Fsp3) is 0.636. The molecule has 17 heavy (non-hydrogen) atoms. The molecule has 1 aliphatic rings. The lowest BCUT2D eigenvalue weighted by Crippen LogP contribution is -2.30. The predicted octanol–water partition coefficient (Wildman–Crippen LogP) is 0.240. The number of aliphatic hydroxyl groups excluding tert-OH is 1. The van der Waals surface area contributed by atoms with Crippen molar-refractivity contribution in [2.75, 3.05) is 32.8 Å². The Hall–Kier alpha value is -1.56. The molecule has 0 spiro atoms. The SMILES string of the molecule is CCOC(=O)CN1CC(O)=C(C(=O)OCC)C1. The lowest BCUT2D eigenvalue weighted by molar-refractivity contribution is -0.144. The summed E-state index contributed by atoms with van der Waals surface area (Å²) in [7, 11) is 0. The molecule has 6 nitrogen and oxygen atoms in total. The molecule has 1 aliphatic heterocycles. The molecule has 0 radical (unpaired) electrons. The van der Waals surface area contributed by atoms with Crippen LogP contribution in [0.1, 0.15) is 13.8 Å². The summed E-state index contributed by atoms with van der Waals surface area (Å²) in [6.45, 7) is 4.43. The van der Waals surface area contributed by atoms with Gasteiger partial charge in [-0.15, -0.1) is 0 Å². The standard InChI is InChI=1S/C11H17NO5/c1-3-16-10(14)7-12-5-8(9(13)6-12)11(15)17-4-2/h13H,3-7H2,1-2H3. The van der Waals surface area contributed by atoms with Crippen LogP contribution < -0.4 is 0 Å². The summed E-state index contributed by atoms with van der Waals surface area (Å²) < 4.78 is 9.58. The molecule has 96 valence electrons. The van der Waals surface area contributed by atoms with Crippen LogP contribution in [0.25, 0.3) is 0 Å². The Labute approximate surface area is 99.8 Å². The van der Waals surface area contributed by atoms with Crippen molar-refractivity contribution >= 4 is 11.9 Å². The first-order valence-electron chi connectivity index (χ1n) is 5.54. The van der Waals surface area contributed by atoms with Gasteiger partial charge in [0, 0.05) is 6.54 Å². The average Bonchev–Trinajstić information content (AvgIpc) is 2.60. The first-order valence-corrected chi connectivity index (χ1v) is 5.54. The van der Waals surface area contributed by atoms with E-state index >= 15 is 0 Å². The Morgan fingerprint density at radius 3 is 2.47 bits per heavy atom. The van der Waals surface area contributed by atoms with Crippen molar-refractivity contribution in [3.8, 4) is 0 Å². The first-order chi connectivity index (χ1) is 8.08. The summed E-state index contributed by atoms with van der Waals surface area (Å²) >= 11 is 0. The second-order valence-electron chi connectivity index (χ2n) is 3.60. The highest BCUT2D eigenvalue weighted by Crippen LogP contribution is 2.16. The van der Waals surface area contributed by atoms with E-state index in [1.165, 1.54) is 0 Å². The van der Waals surface area contributed by atoms with Crippen molar-refractivity contribution in [1.29, 1.82) is 0 Å². The average molecular weight is 243 g/mol. The molecule has 0 amide bonds. The Balaban J connectivity index is 2.48. The van der Waals surface area contributed by atoms with Crippen LogP contribution >= 0.6 is 0 Å². The van der Waals surface area contributed by atoms with Crippen LogP contribution in [0.15, 0.2) is 11.3 Å². The van der Waals surface area contributed by atoms with E-state index in [9.17, 15) is 14.7 Å². The molecule has 1 rings (SSSR count). The van der Waals surface area contributed by atoms with Gasteiger partial charge in [0.25, 0.3) is 0 Å². The van der Waals surface area contributed by atoms with E-state index in [1.54, 1.807) is 18.7 Å². The summed E-state index contributed by atoms with van der Waals surface area (Å²) in [4.78, 5) is 24.3. The van der Waals surface area contributed by atoms with E-state index in [-0.39, 0.29) is 43.5 Å². The fourth-order valence-electron chi connectivity index (χ4n) is 1.58. The number of esters is 2. The zero-order chi connectivity index (χ0) is 12.8. The van der Waals surface area contributed by atoms with Crippen LogP contribution in [0.5, 0.6) is 0 Å². The van der Waals surface area contributed by atoms with Crippen molar-refractivity contribution < 1.29 is 24.2 Å². The number of nitrogens with zero attached hydrogens (tertiary/aromatic N) is 1. The van der Waals surface area contributed by atoms with Crippen LogP contribution in [0.2, 0.25) is 0 Å². The molecule has 0 fully saturated rings. The number of rotatable bonds is 5. The molecule has 0 aromatic heterocycles. The van der Waals surface area contributed by atoms with Gasteiger partial charge in [-0.3, -0.25) is 9.69 Å². The molecule has 0 atom stereocenters. The van der Waals surface area contributed by atoms with Gasteiger partial charge in [-0.25, -0.2) is 4.79 Å². The quantitative estimate of drug-likeness (QED) is 0.697. The maximum atomic E-state index is 11.4. The Bertz CT molecular complexity index is 337. The lowest BCUT2D eigenvalue weighted by atomic mass is 10.3. The molecule has 0 aromatic rings. The molecule has 1 heterocycles. The number of carbonyl (C=O) groups excluding carboxylic acids is 2. The van der Waals surface area contributed by atoms with Gasteiger partial charge in [-0.1, -0.05) is 0 Å². The van der Waals surface area contributed by atoms with Gasteiger partial charge < -0.3 is 14.6 Å². The second-order valence-corrected chi connectivity index (χ2v) is 3.60. The van der Waals surface area contributed by atoms with Crippen molar-refractivity contribution in [2.45, 2.75) is 13.8 Å². The molecule has 0 saturated heterocycles. The number of hydrogen-bond donors (Lipinski definition) is 1. The Morgan fingerprint density at radius 2 is 1.88 bits per heavy atom. The Morgan fingerprint density at radius 1 is 1.24 bits per heavy atom. The van der Waals surface area contributed by atoms with E-state index in [0.29, 0.717) is 6.61 Å². The highest BCUT2D eigenvalue weighted by atomic mass is 16.5. The van der Waals surface area contributed by atoms with Crippen LogP contribution in [0.4, 0.5) is 0 Å². The number of aliphatic hydroxyl groups is 1. The minimum atomic E-state index is -0.531. The van der Waals surface area contributed by atoms with Gasteiger partial charge in [0.15, 0.2) is 0 Å². The van der Waals surface area contributed by atoms with E-state index in [2.05, 4.69) is 0 Å². The molecule has 0 saturated carbocycles. The minimum Gasteiger partial charge on any atom is -0.510 e. The number of ether oxygens (including phenoxy) is 2. The lowest BCUT2D eigenvalue weighted by Gasteiger charge is -2.13.